The standard InChI is InChI=1S/C34H52N3O5/c1-4-24-8-11-31(42-23(2)38)20-30(39)18-26(27-10-12-32(40)33(19-27)41-3)6-5-14-36-34-17-25(13-15-37-34)7-9-28-21-35-22-29(28)16-24/h21-22,24-27,31-34,36-37,40H,4,7-20H2,1-3H3/q+1/t24-,25?,26+,27?,31+,32?,33?,34?/m0/s1. The van der Waals surface area contributed by atoms with E-state index in [9.17, 15) is 14.7 Å². The Morgan fingerprint density at radius 1 is 1.12 bits per heavy atom. The minimum Gasteiger partial charge on any atom is -0.462 e. The van der Waals surface area contributed by atoms with Crippen LogP contribution in [0.2, 0.25) is 0 Å². The quantitative estimate of drug-likeness (QED) is 0.254. The van der Waals surface area contributed by atoms with E-state index in [0.717, 1.165) is 51.5 Å². The van der Waals surface area contributed by atoms with Crippen LogP contribution >= 0.6 is 0 Å². The number of nitrogens with zero attached hydrogens (tertiary/aromatic N) is 1. The summed E-state index contributed by atoms with van der Waals surface area (Å²) >= 11 is 0. The number of hydrogen-bond acceptors (Lipinski definition) is 8. The fourth-order valence-corrected chi connectivity index (χ4v) is 7.22. The van der Waals surface area contributed by atoms with Gasteiger partial charge in [-0.25, -0.2) is 0 Å². The molecular weight excluding hydrogens is 530 g/mol. The van der Waals surface area contributed by atoms with Gasteiger partial charge in [0.25, 0.3) is 0 Å². The molecule has 0 amide bonds. The monoisotopic (exact) mass is 582 g/mol. The van der Waals surface area contributed by atoms with Gasteiger partial charge in [0.05, 0.1) is 30.5 Å². The number of aliphatic hydroxyl groups excluding tert-OH is 1. The smallest absolute Gasteiger partial charge is 0.302 e. The van der Waals surface area contributed by atoms with Crippen LogP contribution in [0.15, 0.2) is 16.1 Å². The highest BCUT2D eigenvalue weighted by Crippen LogP contribution is 2.35. The fourth-order valence-electron chi connectivity index (χ4n) is 7.22. The number of fused-ring (bicyclic) bond motifs is 2. The van der Waals surface area contributed by atoms with Gasteiger partial charge in [-0.2, -0.15) is 0 Å². The molecule has 0 radical (unpaired) electrons. The molecule has 3 heterocycles. The van der Waals surface area contributed by atoms with Crippen molar-refractivity contribution in [2.75, 3.05) is 20.2 Å². The number of aliphatic hydroxyl groups is 1. The predicted octanol–water partition coefficient (Wildman–Crippen LogP) is 4.51. The normalized spacial score (nSPS) is 35.4. The van der Waals surface area contributed by atoms with E-state index in [1.807, 2.05) is 12.8 Å². The lowest BCUT2D eigenvalue weighted by molar-refractivity contribution is -0.148. The van der Waals surface area contributed by atoms with Gasteiger partial charge in [0.15, 0.2) is 6.21 Å². The van der Waals surface area contributed by atoms with Crippen LogP contribution in [-0.2, 0) is 19.1 Å². The van der Waals surface area contributed by atoms with Crippen LogP contribution in [0, 0.1) is 42.1 Å². The summed E-state index contributed by atoms with van der Waals surface area (Å²) in [6.45, 7) is 7.24. The number of methoxy groups -OCH3 is 1. The fraction of sp³-hybridized carbons (Fsp3) is 0.765. The van der Waals surface area contributed by atoms with Gasteiger partial charge in [-0.05, 0) is 75.7 Å². The summed E-state index contributed by atoms with van der Waals surface area (Å²) in [4.78, 5) is 29.9. The van der Waals surface area contributed by atoms with Gasteiger partial charge in [0, 0.05) is 45.6 Å². The summed E-state index contributed by atoms with van der Waals surface area (Å²) in [5.74, 6) is 7.67. The molecule has 4 rings (SSSR count). The van der Waals surface area contributed by atoms with Crippen molar-refractivity contribution in [1.82, 2.24) is 10.6 Å². The lowest BCUT2D eigenvalue weighted by atomic mass is 9.75. The molecule has 2 bridgehead atoms. The first-order chi connectivity index (χ1) is 20.3. The SMILES string of the molecule is CC[C@H]1CC[C@@H](OC(C)=O)CC(=O)C[C@H](C2CCC(O)C(OC)C2)C#CCNC2CC(CCN2)CCC2=C(C=N[CH+]2)C1. The molecule has 3 aliphatic heterocycles. The Bertz CT molecular complexity index is 1030. The molecule has 3 N–H and O–H groups in total. The molecule has 42 heavy (non-hydrogen) atoms. The Labute approximate surface area is 252 Å². The van der Waals surface area contributed by atoms with E-state index in [0.29, 0.717) is 44.1 Å². The lowest BCUT2D eigenvalue weighted by Gasteiger charge is -2.35. The predicted molar refractivity (Wildman–Crippen MR) is 164 cm³/mol. The molecule has 0 aromatic carbocycles. The van der Waals surface area contributed by atoms with Crippen LogP contribution in [0.5, 0.6) is 0 Å². The summed E-state index contributed by atoms with van der Waals surface area (Å²) in [5.41, 5.74) is 2.70. The summed E-state index contributed by atoms with van der Waals surface area (Å²) in [7, 11) is 1.64. The van der Waals surface area contributed by atoms with Crippen molar-refractivity contribution in [3.63, 3.8) is 0 Å². The van der Waals surface area contributed by atoms with Crippen LogP contribution in [0.3, 0.4) is 0 Å². The zero-order valence-electron chi connectivity index (χ0n) is 25.9. The summed E-state index contributed by atoms with van der Waals surface area (Å²) in [6, 6.07) is 0. The van der Waals surface area contributed by atoms with Crippen molar-refractivity contribution in [2.45, 2.75) is 122 Å². The average molecular weight is 583 g/mol. The first kappa shape index (κ1) is 32.7. The Morgan fingerprint density at radius 2 is 1.98 bits per heavy atom. The Morgan fingerprint density at radius 3 is 2.76 bits per heavy atom. The van der Waals surface area contributed by atoms with Gasteiger partial charge >= 0.3 is 5.97 Å². The number of hydrogen-bond donors (Lipinski definition) is 3. The second-order valence-electron chi connectivity index (χ2n) is 12.9. The molecule has 8 atom stereocenters. The molecule has 5 unspecified atom stereocenters. The van der Waals surface area contributed by atoms with Crippen molar-refractivity contribution in [2.24, 2.45) is 28.7 Å². The van der Waals surface area contributed by atoms with Crippen LogP contribution in [0.25, 0.3) is 0 Å². The van der Waals surface area contributed by atoms with E-state index in [-0.39, 0.29) is 42.3 Å². The largest absolute Gasteiger partial charge is 0.462 e. The zero-order chi connectivity index (χ0) is 29.9. The van der Waals surface area contributed by atoms with Crippen molar-refractivity contribution in [3.8, 4) is 11.8 Å². The molecule has 4 aliphatic rings. The van der Waals surface area contributed by atoms with E-state index < -0.39 is 12.2 Å². The number of allylic oxidation sites excluding steroid dienone is 1. The van der Waals surface area contributed by atoms with Crippen LogP contribution in [0.4, 0.5) is 0 Å². The third-order valence-corrected chi connectivity index (χ3v) is 9.82. The Balaban J connectivity index is 1.52. The topological polar surface area (TPSA) is 109 Å². The second-order valence-corrected chi connectivity index (χ2v) is 12.9. The number of Topliss-reactive ketones (excluding diaryl/α,β-unsaturated/α-hetero) is 1. The third-order valence-electron chi connectivity index (χ3n) is 9.82. The summed E-state index contributed by atoms with van der Waals surface area (Å²) < 4.78 is 11.2. The molecule has 1 saturated carbocycles. The van der Waals surface area contributed by atoms with Crippen LogP contribution in [0.1, 0.15) is 97.3 Å². The number of aliphatic imine (C=N–C) groups is 1. The number of ketones is 1. The lowest BCUT2D eigenvalue weighted by Crippen LogP contribution is -2.47. The number of esters is 1. The Hall–Kier alpha value is -2.18. The van der Waals surface area contributed by atoms with Crippen LogP contribution < -0.4 is 10.6 Å². The van der Waals surface area contributed by atoms with E-state index in [1.54, 1.807) is 7.11 Å². The highest BCUT2D eigenvalue weighted by Gasteiger charge is 2.34. The van der Waals surface area contributed by atoms with Crippen molar-refractivity contribution in [3.05, 3.63) is 17.7 Å². The number of piperidine rings is 1. The molecular formula is C34H52N3O5+. The maximum atomic E-state index is 13.5. The molecule has 2 fully saturated rings. The highest BCUT2D eigenvalue weighted by atomic mass is 16.5. The van der Waals surface area contributed by atoms with Crippen molar-refractivity contribution >= 4 is 18.0 Å². The Kier molecular flexibility index (Phi) is 12.9. The third kappa shape index (κ3) is 9.94. The molecule has 0 aromatic heterocycles. The first-order valence-electron chi connectivity index (χ1n) is 16.3. The molecule has 1 aliphatic carbocycles. The van der Waals surface area contributed by atoms with Crippen molar-refractivity contribution < 1.29 is 24.2 Å². The van der Waals surface area contributed by atoms with Gasteiger partial charge in [0.2, 0.25) is 0 Å². The summed E-state index contributed by atoms with van der Waals surface area (Å²) in [5, 5.41) is 17.6. The number of rotatable bonds is 4. The van der Waals surface area contributed by atoms with E-state index in [4.69, 9.17) is 9.47 Å². The van der Waals surface area contributed by atoms with E-state index in [1.165, 1.54) is 24.5 Å². The van der Waals surface area contributed by atoms with Crippen LogP contribution in [-0.4, -0.2) is 67.8 Å². The van der Waals surface area contributed by atoms with Crippen molar-refractivity contribution in [1.29, 1.82) is 0 Å². The number of nitrogens with one attached hydrogen (secondary N) is 2. The van der Waals surface area contributed by atoms with E-state index >= 15 is 0 Å². The summed E-state index contributed by atoms with van der Waals surface area (Å²) in [6.07, 6.45) is 11.9. The first-order valence-corrected chi connectivity index (χ1v) is 16.3. The molecule has 232 valence electrons. The minimum absolute atomic E-state index is 0.0790. The number of carbonyl (C=O) groups excluding carboxylic acids is 2. The second kappa shape index (κ2) is 16.6. The number of carbonyl (C=O) groups is 2. The number of ether oxygens (including phenoxy) is 2. The van der Waals surface area contributed by atoms with Gasteiger partial charge in [0.1, 0.15) is 24.0 Å². The highest BCUT2D eigenvalue weighted by molar-refractivity contribution is 5.84. The molecule has 0 spiro atoms. The van der Waals surface area contributed by atoms with Gasteiger partial charge < -0.3 is 19.9 Å². The van der Waals surface area contributed by atoms with E-state index in [2.05, 4.69) is 34.4 Å². The minimum atomic E-state index is -0.477. The molecule has 1 saturated heterocycles. The van der Waals surface area contributed by atoms with Gasteiger partial charge in [-0.15, -0.1) is 4.99 Å². The molecule has 8 heteroatoms. The van der Waals surface area contributed by atoms with Gasteiger partial charge in [-0.1, -0.05) is 25.2 Å². The maximum Gasteiger partial charge on any atom is 0.302 e. The molecule has 0 aromatic rings. The van der Waals surface area contributed by atoms with Gasteiger partial charge in [-0.3, -0.25) is 14.9 Å². The molecule has 8 nitrogen and oxygen atoms in total. The zero-order valence-corrected chi connectivity index (χ0v) is 25.9. The average Bonchev–Trinajstić information content (AvgIpc) is 3.42. The maximum absolute atomic E-state index is 13.5.